The van der Waals surface area contributed by atoms with Gasteiger partial charge in [0.1, 0.15) is 0 Å². The van der Waals surface area contributed by atoms with E-state index in [4.69, 9.17) is 24.1 Å². The van der Waals surface area contributed by atoms with Gasteiger partial charge in [0.15, 0.2) is 5.96 Å². The molecule has 9 heteroatoms. The lowest BCUT2D eigenvalue weighted by atomic mass is 10.1. The first-order chi connectivity index (χ1) is 16.1. The minimum absolute atomic E-state index is 0.0289. The van der Waals surface area contributed by atoms with E-state index in [1.807, 2.05) is 32.9 Å². The van der Waals surface area contributed by atoms with Gasteiger partial charge in [0.2, 0.25) is 0 Å². The average molecular weight is 472 g/mol. The molecule has 0 aliphatic heterocycles. The van der Waals surface area contributed by atoms with E-state index in [1.165, 1.54) is 0 Å². The van der Waals surface area contributed by atoms with Crippen molar-refractivity contribution in [2.45, 2.75) is 40.5 Å². The van der Waals surface area contributed by atoms with Crippen LogP contribution in [0.25, 0.3) is 0 Å². The number of benzene rings is 1. The van der Waals surface area contributed by atoms with Crippen molar-refractivity contribution in [3.63, 3.8) is 0 Å². The van der Waals surface area contributed by atoms with Crippen LogP contribution in [0.3, 0.4) is 0 Å². The molecule has 1 aromatic rings. The Hall–Kier alpha value is -2.20. The molecule has 0 radical (unpaired) electrons. The molecule has 0 bridgehead atoms. The number of nitrogens with zero attached hydrogens (tertiary/aromatic N) is 1. The third kappa shape index (κ3) is 22.8. The van der Waals surface area contributed by atoms with Gasteiger partial charge in [0.05, 0.1) is 39.5 Å². The summed E-state index contributed by atoms with van der Waals surface area (Å²) in [6.07, 6.45) is 1.10. The lowest BCUT2D eigenvalue weighted by Gasteiger charge is -2.11. The third-order valence-corrected chi connectivity index (χ3v) is 3.69. The van der Waals surface area contributed by atoms with Gasteiger partial charge in [-0.05, 0) is 31.0 Å². The Labute approximate surface area is 199 Å². The molecule has 9 nitrogen and oxygen atoms in total. The second kappa shape index (κ2) is 26.1. The quantitative estimate of drug-likeness (QED) is 0.203. The molecule has 1 aromatic carbocycles. The van der Waals surface area contributed by atoms with Gasteiger partial charge < -0.3 is 34.7 Å². The highest BCUT2D eigenvalue weighted by Gasteiger charge is 2.02. The van der Waals surface area contributed by atoms with Gasteiger partial charge in [-0.2, -0.15) is 0 Å². The third-order valence-electron chi connectivity index (χ3n) is 3.69. The van der Waals surface area contributed by atoms with Gasteiger partial charge >= 0.3 is 5.97 Å². The second-order valence-electron chi connectivity index (χ2n) is 6.31. The number of rotatable bonds is 15. The first-order valence-electron chi connectivity index (χ1n) is 11.6. The number of hydrogen-bond acceptors (Lipinski definition) is 6. The standard InChI is InChI=1S/C13H19N3O3.C9H20O3.C2H6/c1-14-13(15-7-8-19-2)16-11-5-3-10(4-6-11)9-12(17)18;1-3-5-11-8-9-12-7-6-10-4-2;1-2/h3-6H,7-9H2,1-2H3,(H,17,18)(H2,14,15,16);3-9H2,1-2H3;1-2H3. The van der Waals surface area contributed by atoms with Gasteiger partial charge in [-0.15, -0.1) is 0 Å². The van der Waals surface area contributed by atoms with E-state index in [9.17, 15) is 4.79 Å². The Morgan fingerprint density at radius 1 is 0.939 bits per heavy atom. The summed E-state index contributed by atoms with van der Waals surface area (Å²) in [6.45, 7) is 13.6. The number of anilines is 1. The van der Waals surface area contributed by atoms with E-state index in [0.717, 1.165) is 30.9 Å². The summed E-state index contributed by atoms with van der Waals surface area (Å²) >= 11 is 0. The Bertz CT molecular complexity index is 572. The fraction of sp³-hybridized carbons (Fsp3) is 0.667. The van der Waals surface area contributed by atoms with E-state index in [0.29, 0.717) is 45.5 Å². The molecule has 0 atom stereocenters. The van der Waals surface area contributed by atoms with Crippen LogP contribution in [0.15, 0.2) is 29.3 Å². The lowest BCUT2D eigenvalue weighted by molar-refractivity contribution is -0.136. The fourth-order valence-electron chi connectivity index (χ4n) is 2.20. The molecule has 0 amide bonds. The van der Waals surface area contributed by atoms with Crippen LogP contribution in [0, 0.1) is 0 Å². The number of ether oxygens (including phenoxy) is 4. The highest BCUT2D eigenvalue weighted by molar-refractivity contribution is 5.93. The molecule has 0 aliphatic rings. The van der Waals surface area contributed by atoms with E-state index in [2.05, 4.69) is 22.5 Å². The minimum atomic E-state index is -0.835. The van der Waals surface area contributed by atoms with Crippen LogP contribution < -0.4 is 10.6 Å². The molecule has 0 saturated heterocycles. The molecule has 0 aromatic heterocycles. The van der Waals surface area contributed by atoms with Crippen LogP contribution in [-0.4, -0.2) is 84.0 Å². The number of carbonyl (C=O) groups is 1. The monoisotopic (exact) mass is 471 g/mol. The van der Waals surface area contributed by atoms with Crippen LogP contribution in [0.5, 0.6) is 0 Å². The summed E-state index contributed by atoms with van der Waals surface area (Å²) in [7, 11) is 3.32. The fourth-order valence-corrected chi connectivity index (χ4v) is 2.20. The summed E-state index contributed by atoms with van der Waals surface area (Å²) in [5.41, 5.74) is 1.61. The maximum Gasteiger partial charge on any atom is 0.307 e. The van der Waals surface area contributed by atoms with Crippen LogP contribution in [0.1, 0.15) is 39.7 Å². The van der Waals surface area contributed by atoms with Crippen LogP contribution in [-0.2, 0) is 30.2 Å². The Morgan fingerprint density at radius 2 is 1.52 bits per heavy atom. The SMILES string of the molecule is CC.CCCOCCOCCOCC.CN=C(NCCOC)Nc1ccc(CC(=O)O)cc1. The number of carboxylic acid groups (broad SMARTS) is 1. The van der Waals surface area contributed by atoms with Crippen LogP contribution in [0.2, 0.25) is 0 Å². The van der Waals surface area contributed by atoms with Gasteiger partial charge in [-0.3, -0.25) is 9.79 Å². The second-order valence-corrected chi connectivity index (χ2v) is 6.31. The highest BCUT2D eigenvalue weighted by Crippen LogP contribution is 2.09. The molecular weight excluding hydrogens is 426 g/mol. The Kier molecular flexibility index (Phi) is 26.0. The van der Waals surface area contributed by atoms with Gasteiger partial charge in [-0.1, -0.05) is 32.9 Å². The predicted molar refractivity (Wildman–Crippen MR) is 134 cm³/mol. The van der Waals surface area contributed by atoms with Crippen molar-refractivity contribution < 1.29 is 28.8 Å². The number of hydrogen-bond donors (Lipinski definition) is 3. The number of guanidine groups is 1. The molecule has 0 fully saturated rings. The van der Waals surface area contributed by atoms with Crippen LogP contribution in [0.4, 0.5) is 5.69 Å². The molecule has 33 heavy (non-hydrogen) atoms. The topological polar surface area (TPSA) is 111 Å². The van der Waals surface area contributed by atoms with E-state index in [1.54, 1.807) is 26.3 Å². The molecule has 0 spiro atoms. The van der Waals surface area contributed by atoms with Crippen LogP contribution >= 0.6 is 0 Å². The maximum atomic E-state index is 10.6. The van der Waals surface area contributed by atoms with Crippen molar-refractivity contribution in [3.05, 3.63) is 29.8 Å². The molecule has 3 N–H and O–H groups in total. The molecular formula is C24H45N3O6. The van der Waals surface area contributed by atoms with Crippen molar-refractivity contribution in [1.29, 1.82) is 0 Å². The zero-order chi connectivity index (χ0) is 25.2. The molecule has 0 heterocycles. The van der Waals surface area contributed by atoms with Gasteiger partial charge in [0, 0.05) is 39.6 Å². The summed E-state index contributed by atoms with van der Waals surface area (Å²) in [4.78, 5) is 14.6. The molecule has 0 unspecified atom stereocenters. The number of carboxylic acids is 1. The molecule has 1 rings (SSSR count). The van der Waals surface area contributed by atoms with Gasteiger partial charge in [0.25, 0.3) is 0 Å². The van der Waals surface area contributed by atoms with E-state index in [-0.39, 0.29) is 6.42 Å². The maximum absolute atomic E-state index is 10.6. The number of aliphatic imine (C=N–C) groups is 1. The summed E-state index contributed by atoms with van der Waals surface area (Å²) in [6, 6.07) is 7.20. The largest absolute Gasteiger partial charge is 0.481 e. The van der Waals surface area contributed by atoms with Crippen molar-refractivity contribution >= 4 is 17.6 Å². The number of nitrogens with one attached hydrogen (secondary N) is 2. The normalized spacial score (nSPS) is 10.4. The molecule has 0 saturated carbocycles. The Morgan fingerprint density at radius 3 is 2.00 bits per heavy atom. The first-order valence-corrected chi connectivity index (χ1v) is 11.6. The highest BCUT2D eigenvalue weighted by atomic mass is 16.5. The van der Waals surface area contributed by atoms with E-state index >= 15 is 0 Å². The number of aliphatic carboxylic acids is 1. The smallest absolute Gasteiger partial charge is 0.307 e. The zero-order valence-electron chi connectivity index (χ0n) is 21.3. The van der Waals surface area contributed by atoms with Crippen molar-refractivity contribution in [2.24, 2.45) is 4.99 Å². The minimum Gasteiger partial charge on any atom is -0.481 e. The molecule has 192 valence electrons. The lowest BCUT2D eigenvalue weighted by Crippen LogP contribution is -2.33. The molecule has 0 aliphatic carbocycles. The average Bonchev–Trinajstić information content (AvgIpc) is 2.83. The van der Waals surface area contributed by atoms with Crippen molar-refractivity contribution in [1.82, 2.24) is 5.32 Å². The summed E-state index contributed by atoms with van der Waals surface area (Å²) in [5.74, 6) is -0.194. The van der Waals surface area contributed by atoms with Gasteiger partial charge in [-0.25, -0.2) is 0 Å². The predicted octanol–water partition coefficient (Wildman–Crippen LogP) is 3.44. The van der Waals surface area contributed by atoms with Crippen molar-refractivity contribution in [2.75, 3.05) is 72.3 Å². The first kappa shape index (κ1) is 33.0. The Balaban J connectivity index is 0. The zero-order valence-corrected chi connectivity index (χ0v) is 21.3. The van der Waals surface area contributed by atoms with Crippen molar-refractivity contribution in [3.8, 4) is 0 Å². The number of methoxy groups -OCH3 is 1. The summed E-state index contributed by atoms with van der Waals surface area (Å²) in [5, 5.41) is 14.9. The van der Waals surface area contributed by atoms with E-state index < -0.39 is 5.97 Å². The summed E-state index contributed by atoms with van der Waals surface area (Å²) < 4.78 is 20.5.